The van der Waals surface area contributed by atoms with Crippen molar-refractivity contribution in [2.24, 2.45) is 5.73 Å². The highest BCUT2D eigenvalue weighted by Gasteiger charge is 2.14. The second kappa shape index (κ2) is 4.26. The highest BCUT2D eigenvalue weighted by Crippen LogP contribution is 1.73. The molecular weight excluding hydrogens is 150 g/mol. The number of hydrogen-bond donors (Lipinski definition) is 3. The third-order valence-corrected chi connectivity index (χ3v) is 0.662. The van der Waals surface area contributed by atoms with Crippen molar-refractivity contribution in [3.05, 3.63) is 0 Å². The quantitative estimate of drug-likeness (QED) is 0.368. The average Bonchev–Trinajstić information content (AvgIpc) is 2.13. The molecule has 1 aliphatic rings. The third-order valence-electron chi connectivity index (χ3n) is 0.662. The van der Waals surface area contributed by atoms with Crippen LogP contribution < -0.4 is 16.4 Å². The van der Waals surface area contributed by atoms with Gasteiger partial charge in [0.15, 0.2) is 0 Å². The van der Waals surface area contributed by atoms with Crippen LogP contribution in [0.1, 0.15) is 6.92 Å². The van der Waals surface area contributed by atoms with E-state index in [1.165, 1.54) is 6.92 Å². The van der Waals surface area contributed by atoms with Gasteiger partial charge in [0, 0.05) is 6.92 Å². The maximum Gasteiger partial charge on any atom is 0.321 e. The zero-order valence-corrected chi connectivity index (χ0v) is 6.01. The van der Waals surface area contributed by atoms with Gasteiger partial charge in [-0.1, -0.05) is 0 Å². The van der Waals surface area contributed by atoms with Crippen molar-refractivity contribution < 1.29 is 14.4 Å². The van der Waals surface area contributed by atoms with E-state index in [1.807, 2.05) is 5.32 Å². The summed E-state index contributed by atoms with van der Waals surface area (Å²) in [4.78, 5) is 29.3. The Morgan fingerprint density at radius 3 is 2.09 bits per heavy atom. The van der Waals surface area contributed by atoms with Crippen molar-refractivity contribution in [1.29, 1.82) is 0 Å². The van der Waals surface area contributed by atoms with E-state index in [2.05, 4.69) is 11.1 Å². The zero-order valence-electron chi connectivity index (χ0n) is 6.01. The molecule has 0 spiro atoms. The molecule has 1 aliphatic heterocycles. The summed E-state index contributed by atoms with van der Waals surface area (Å²) in [6.45, 7) is 1.43. The molecule has 1 saturated heterocycles. The SMILES string of the molecule is CC(N)=O.O=C1CNC(=O)N1. The van der Waals surface area contributed by atoms with E-state index in [4.69, 9.17) is 0 Å². The van der Waals surface area contributed by atoms with Gasteiger partial charge in [-0.25, -0.2) is 4.79 Å². The van der Waals surface area contributed by atoms with Gasteiger partial charge < -0.3 is 11.1 Å². The van der Waals surface area contributed by atoms with Crippen LogP contribution in [0.15, 0.2) is 0 Å². The molecule has 4 amide bonds. The lowest BCUT2D eigenvalue weighted by Crippen LogP contribution is -2.22. The summed E-state index contributed by atoms with van der Waals surface area (Å²) in [7, 11) is 0. The van der Waals surface area contributed by atoms with Gasteiger partial charge in [-0.05, 0) is 0 Å². The summed E-state index contributed by atoms with van der Waals surface area (Å²) in [6.07, 6.45) is 0. The lowest BCUT2D eigenvalue weighted by atomic mass is 10.7. The minimum absolute atomic E-state index is 0.124. The van der Waals surface area contributed by atoms with E-state index in [1.54, 1.807) is 0 Å². The van der Waals surface area contributed by atoms with Gasteiger partial charge in [0.1, 0.15) is 0 Å². The number of imide groups is 1. The Bertz CT molecular complexity index is 171. The molecule has 0 radical (unpaired) electrons. The first kappa shape index (κ1) is 9.41. The average molecular weight is 159 g/mol. The minimum Gasteiger partial charge on any atom is -0.370 e. The summed E-state index contributed by atoms with van der Waals surface area (Å²) in [5.74, 6) is -0.593. The summed E-state index contributed by atoms with van der Waals surface area (Å²) in [5.41, 5.74) is 4.47. The number of primary amides is 1. The van der Waals surface area contributed by atoms with Gasteiger partial charge in [-0.3, -0.25) is 14.9 Å². The monoisotopic (exact) mass is 159 g/mol. The summed E-state index contributed by atoms with van der Waals surface area (Å²) in [6, 6.07) is -0.398. The van der Waals surface area contributed by atoms with Crippen LogP contribution in [0.2, 0.25) is 0 Å². The van der Waals surface area contributed by atoms with E-state index >= 15 is 0 Å². The van der Waals surface area contributed by atoms with Crippen molar-refractivity contribution in [3.8, 4) is 0 Å². The van der Waals surface area contributed by atoms with Crippen molar-refractivity contribution in [2.75, 3.05) is 6.54 Å². The molecule has 4 N–H and O–H groups in total. The number of urea groups is 1. The Morgan fingerprint density at radius 1 is 1.55 bits per heavy atom. The number of carbonyl (C=O) groups excluding carboxylic acids is 3. The predicted molar refractivity (Wildman–Crippen MR) is 36.4 cm³/mol. The predicted octanol–water partition coefficient (Wildman–Crippen LogP) is -1.68. The van der Waals surface area contributed by atoms with Crippen LogP contribution in [-0.2, 0) is 9.59 Å². The van der Waals surface area contributed by atoms with E-state index in [0.717, 1.165) is 0 Å². The molecule has 6 nitrogen and oxygen atoms in total. The van der Waals surface area contributed by atoms with Crippen molar-refractivity contribution >= 4 is 17.8 Å². The maximum atomic E-state index is 10.1. The van der Waals surface area contributed by atoms with Crippen LogP contribution in [0.3, 0.4) is 0 Å². The molecule has 0 atom stereocenters. The maximum absolute atomic E-state index is 10.1. The summed E-state index contributed by atoms with van der Waals surface area (Å²) < 4.78 is 0. The normalized spacial score (nSPS) is 14.3. The molecule has 11 heavy (non-hydrogen) atoms. The smallest absolute Gasteiger partial charge is 0.321 e. The second-order valence-electron chi connectivity index (χ2n) is 1.84. The number of rotatable bonds is 0. The third kappa shape index (κ3) is 6.29. The molecule has 0 aromatic heterocycles. The van der Waals surface area contributed by atoms with E-state index in [-0.39, 0.29) is 18.4 Å². The Kier molecular flexibility index (Phi) is 3.65. The lowest BCUT2D eigenvalue weighted by molar-refractivity contribution is -0.118. The van der Waals surface area contributed by atoms with Gasteiger partial charge in [0.25, 0.3) is 0 Å². The van der Waals surface area contributed by atoms with Crippen LogP contribution >= 0.6 is 0 Å². The van der Waals surface area contributed by atoms with Crippen molar-refractivity contribution in [1.82, 2.24) is 10.6 Å². The molecule has 0 unspecified atom stereocenters. The Morgan fingerprint density at radius 2 is 2.00 bits per heavy atom. The number of nitrogens with two attached hydrogens (primary N) is 1. The van der Waals surface area contributed by atoms with Gasteiger partial charge >= 0.3 is 6.03 Å². The topological polar surface area (TPSA) is 101 Å². The fourth-order valence-electron chi connectivity index (χ4n) is 0.376. The standard InChI is InChI=1S/C3H4N2O2.C2H5NO/c6-2-1-4-3(7)5-2;1-2(3)4/h1H2,(H2,4,5,6,7);1H3,(H2,3,4). The molecule has 0 saturated carbocycles. The largest absolute Gasteiger partial charge is 0.370 e. The van der Waals surface area contributed by atoms with Crippen molar-refractivity contribution in [3.63, 3.8) is 0 Å². The first-order chi connectivity index (χ1) is 5.02. The molecule has 0 aromatic rings. The van der Waals surface area contributed by atoms with Crippen molar-refractivity contribution in [2.45, 2.75) is 6.92 Å². The number of carbonyl (C=O) groups is 3. The molecule has 62 valence electrons. The molecule has 1 heterocycles. The minimum atomic E-state index is -0.398. The lowest BCUT2D eigenvalue weighted by Gasteiger charge is -1.78. The van der Waals surface area contributed by atoms with Gasteiger partial charge in [0.05, 0.1) is 6.54 Å². The van der Waals surface area contributed by atoms with Crippen LogP contribution in [0.25, 0.3) is 0 Å². The molecular formula is C5H9N3O3. The summed E-state index contributed by atoms with van der Waals surface area (Å²) >= 11 is 0. The number of nitrogens with one attached hydrogen (secondary N) is 2. The molecule has 1 fully saturated rings. The van der Waals surface area contributed by atoms with Crippen LogP contribution in [0.5, 0.6) is 0 Å². The van der Waals surface area contributed by atoms with Crippen LogP contribution in [-0.4, -0.2) is 24.4 Å². The first-order valence-electron chi connectivity index (χ1n) is 2.86. The highest BCUT2D eigenvalue weighted by molar-refractivity contribution is 6.01. The van der Waals surface area contributed by atoms with Crippen LogP contribution in [0.4, 0.5) is 4.79 Å². The molecule has 0 aromatic carbocycles. The zero-order chi connectivity index (χ0) is 8.85. The van der Waals surface area contributed by atoms with E-state index in [0.29, 0.717) is 0 Å². The number of hydrogen-bond acceptors (Lipinski definition) is 3. The van der Waals surface area contributed by atoms with Gasteiger partial charge in [-0.2, -0.15) is 0 Å². The van der Waals surface area contributed by atoms with E-state index < -0.39 is 6.03 Å². The Hall–Kier alpha value is -1.59. The highest BCUT2D eigenvalue weighted by atomic mass is 16.2. The van der Waals surface area contributed by atoms with Gasteiger partial charge in [-0.15, -0.1) is 0 Å². The molecule has 0 bridgehead atoms. The fraction of sp³-hybridized carbons (Fsp3) is 0.400. The van der Waals surface area contributed by atoms with Crippen LogP contribution in [0, 0.1) is 0 Å². The molecule has 1 rings (SSSR count). The Balaban J connectivity index is 0.000000218. The van der Waals surface area contributed by atoms with Gasteiger partial charge in [0.2, 0.25) is 11.8 Å². The van der Waals surface area contributed by atoms with E-state index in [9.17, 15) is 14.4 Å². The summed E-state index contributed by atoms with van der Waals surface area (Å²) in [5, 5.41) is 4.30. The fourth-order valence-corrected chi connectivity index (χ4v) is 0.376. The molecule has 6 heteroatoms. The molecule has 0 aliphatic carbocycles. The first-order valence-corrected chi connectivity index (χ1v) is 2.86. The number of amides is 4. The Labute approximate surface area is 63.1 Å². The second-order valence-corrected chi connectivity index (χ2v) is 1.84.